The molecule has 1 aliphatic heterocycles. The maximum Gasteiger partial charge on any atom is 0.317 e. The summed E-state index contributed by atoms with van der Waals surface area (Å²) in [7, 11) is 0. The van der Waals surface area contributed by atoms with Crippen LogP contribution in [0.3, 0.4) is 0 Å². The molecule has 1 saturated carbocycles. The lowest BCUT2D eigenvalue weighted by Crippen LogP contribution is -2.42. The van der Waals surface area contributed by atoms with Crippen molar-refractivity contribution in [1.82, 2.24) is 10.2 Å². The van der Waals surface area contributed by atoms with Gasteiger partial charge in [-0.25, -0.2) is 4.79 Å². The van der Waals surface area contributed by atoms with Gasteiger partial charge in [0.2, 0.25) is 0 Å². The van der Waals surface area contributed by atoms with E-state index in [1.165, 1.54) is 31.4 Å². The first-order chi connectivity index (χ1) is 11.3. The minimum Gasteiger partial charge on any atom is -0.370 e. The molecule has 1 aliphatic carbocycles. The minimum atomic E-state index is 0.123. The number of para-hydroxylation sites is 1. The van der Waals surface area contributed by atoms with E-state index in [1.807, 2.05) is 11.0 Å². The van der Waals surface area contributed by atoms with Crippen molar-refractivity contribution in [2.45, 2.75) is 38.5 Å². The van der Waals surface area contributed by atoms with Gasteiger partial charge in [-0.15, -0.1) is 0 Å². The van der Waals surface area contributed by atoms with E-state index in [-0.39, 0.29) is 6.03 Å². The Labute approximate surface area is 139 Å². The van der Waals surface area contributed by atoms with Crippen molar-refractivity contribution in [2.75, 3.05) is 37.6 Å². The van der Waals surface area contributed by atoms with Gasteiger partial charge in [0, 0.05) is 38.4 Å². The number of hydrogen-bond donors (Lipinski definition) is 1. The van der Waals surface area contributed by atoms with Crippen LogP contribution in [0.1, 0.15) is 38.5 Å². The zero-order valence-corrected chi connectivity index (χ0v) is 14.0. The molecule has 4 nitrogen and oxygen atoms in total. The second-order valence-corrected chi connectivity index (χ2v) is 6.83. The highest BCUT2D eigenvalue weighted by Crippen LogP contribution is 2.26. The summed E-state index contributed by atoms with van der Waals surface area (Å²) in [6.45, 7) is 4.45. The number of nitrogens with zero attached hydrogens (tertiary/aromatic N) is 2. The van der Waals surface area contributed by atoms with Crippen molar-refractivity contribution in [3.05, 3.63) is 30.3 Å². The Kier molecular flexibility index (Phi) is 5.78. The highest BCUT2D eigenvalue weighted by atomic mass is 16.2. The maximum atomic E-state index is 12.4. The summed E-state index contributed by atoms with van der Waals surface area (Å²) in [6, 6.07) is 10.6. The summed E-state index contributed by atoms with van der Waals surface area (Å²) in [6.07, 6.45) is 7.64. The molecule has 0 atom stereocenters. The van der Waals surface area contributed by atoms with E-state index in [9.17, 15) is 4.79 Å². The molecule has 1 N–H and O–H groups in total. The smallest absolute Gasteiger partial charge is 0.317 e. The molecule has 2 aliphatic rings. The van der Waals surface area contributed by atoms with E-state index < -0.39 is 0 Å². The molecule has 23 heavy (non-hydrogen) atoms. The van der Waals surface area contributed by atoms with Crippen LogP contribution in [0, 0.1) is 5.92 Å². The number of anilines is 1. The largest absolute Gasteiger partial charge is 0.370 e. The summed E-state index contributed by atoms with van der Waals surface area (Å²) in [4.78, 5) is 16.7. The van der Waals surface area contributed by atoms with Crippen LogP contribution in [-0.2, 0) is 0 Å². The molecule has 3 rings (SSSR count). The van der Waals surface area contributed by atoms with Crippen molar-refractivity contribution >= 4 is 11.7 Å². The van der Waals surface area contributed by atoms with E-state index in [0.29, 0.717) is 0 Å². The zero-order valence-electron chi connectivity index (χ0n) is 14.0. The Hall–Kier alpha value is -1.71. The van der Waals surface area contributed by atoms with Crippen LogP contribution < -0.4 is 10.2 Å². The Morgan fingerprint density at radius 2 is 1.78 bits per heavy atom. The van der Waals surface area contributed by atoms with E-state index in [0.717, 1.165) is 51.5 Å². The standard InChI is InChI=1S/C19H29N3O/c23-19(20-12-11-17-7-4-5-8-17)22-14-6-13-21(15-16-22)18-9-2-1-3-10-18/h1-3,9-10,17H,4-8,11-16H2,(H,20,23). The molecule has 4 heteroatoms. The lowest BCUT2D eigenvalue weighted by Gasteiger charge is -2.24. The topological polar surface area (TPSA) is 35.6 Å². The molecule has 0 spiro atoms. The summed E-state index contributed by atoms with van der Waals surface area (Å²) in [5, 5.41) is 3.13. The number of hydrogen-bond acceptors (Lipinski definition) is 2. The summed E-state index contributed by atoms with van der Waals surface area (Å²) < 4.78 is 0. The highest BCUT2D eigenvalue weighted by molar-refractivity contribution is 5.74. The first kappa shape index (κ1) is 16.2. The molecule has 0 aromatic heterocycles. The average molecular weight is 315 g/mol. The Morgan fingerprint density at radius 1 is 1.00 bits per heavy atom. The Bertz CT molecular complexity index is 485. The molecule has 0 radical (unpaired) electrons. The number of nitrogens with one attached hydrogen (secondary N) is 1. The number of carbonyl (C=O) groups is 1. The zero-order chi connectivity index (χ0) is 15.9. The molecular formula is C19H29N3O. The molecule has 0 bridgehead atoms. The predicted molar refractivity (Wildman–Crippen MR) is 94.8 cm³/mol. The molecule has 1 aromatic carbocycles. The Morgan fingerprint density at radius 3 is 2.57 bits per heavy atom. The molecule has 1 saturated heterocycles. The number of benzene rings is 1. The van der Waals surface area contributed by atoms with Crippen LogP contribution in [0.25, 0.3) is 0 Å². The third-order valence-electron chi connectivity index (χ3n) is 5.21. The Balaban J connectivity index is 1.42. The van der Waals surface area contributed by atoms with Crippen LogP contribution in [0.15, 0.2) is 30.3 Å². The quantitative estimate of drug-likeness (QED) is 0.923. The fourth-order valence-electron chi connectivity index (χ4n) is 3.81. The first-order valence-electron chi connectivity index (χ1n) is 9.16. The van der Waals surface area contributed by atoms with Crippen molar-refractivity contribution in [3.8, 4) is 0 Å². The van der Waals surface area contributed by atoms with E-state index in [2.05, 4.69) is 34.5 Å². The third kappa shape index (κ3) is 4.63. The second-order valence-electron chi connectivity index (χ2n) is 6.83. The molecule has 126 valence electrons. The number of urea groups is 1. The van der Waals surface area contributed by atoms with Gasteiger partial charge < -0.3 is 15.1 Å². The summed E-state index contributed by atoms with van der Waals surface area (Å²) in [5.41, 5.74) is 1.26. The van der Waals surface area contributed by atoms with Gasteiger partial charge in [-0.05, 0) is 30.9 Å². The summed E-state index contributed by atoms with van der Waals surface area (Å²) in [5.74, 6) is 0.841. The fourth-order valence-corrected chi connectivity index (χ4v) is 3.81. The van der Waals surface area contributed by atoms with Gasteiger partial charge in [0.15, 0.2) is 0 Å². The van der Waals surface area contributed by atoms with Crippen molar-refractivity contribution in [3.63, 3.8) is 0 Å². The molecule has 1 heterocycles. The molecular weight excluding hydrogens is 286 g/mol. The lowest BCUT2D eigenvalue weighted by molar-refractivity contribution is 0.200. The minimum absolute atomic E-state index is 0.123. The summed E-state index contributed by atoms with van der Waals surface area (Å²) >= 11 is 0. The predicted octanol–water partition coefficient (Wildman–Crippen LogP) is 3.49. The van der Waals surface area contributed by atoms with Gasteiger partial charge in [-0.1, -0.05) is 43.9 Å². The van der Waals surface area contributed by atoms with E-state index >= 15 is 0 Å². The second kappa shape index (κ2) is 8.23. The van der Waals surface area contributed by atoms with Gasteiger partial charge in [0.05, 0.1) is 0 Å². The third-order valence-corrected chi connectivity index (χ3v) is 5.21. The highest BCUT2D eigenvalue weighted by Gasteiger charge is 2.20. The number of rotatable bonds is 4. The van der Waals surface area contributed by atoms with E-state index in [4.69, 9.17) is 0 Å². The van der Waals surface area contributed by atoms with Crippen molar-refractivity contribution in [2.24, 2.45) is 5.92 Å². The average Bonchev–Trinajstić information content (AvgIpc) is 2.97. The van der Waals surface area contributed by atoms with Crippen LogP contribution in [0.4, 0.5) is 10.5 Å². The van der Waals surface area contributed by atoms with Crippen LogP contribution in [-0.4, -0.2) is 43.7 Å². The van der Waals surface area contributed by atoms with Gasteiger partial charge in [-0.3, -0.25) is 0 Å². The van der Waals surface area contributed by atoms with Crippen LogP contribution in [0.5, 0.6) is 0 Å². The monoisotopic (exact) mass is 315 g/mol. The van der Waals surface area contributed by atoms with Gasteiger partial charge >= 0.3 is 6.03 Å². The molecule has 2 amide bonds. The molecule has 2 fully saturated rings. The van der Waals surface area contributed by atoms with Gasteiger partial charge in [0.1, 0.15) is 0 Å². The van der Waals surface area contributed by atoms with Crippen molar-refractivity contribution < 1.29 is 4.79 Å². The lowest BCUT2D eigenvalue weighted by atomic mass is 10.0. The normalized spacial score (nSPS) is 19.7. The van der Waals surface area contributed by atoms with Crippen molar-refractivity contribution in [1.29, 1.82) is 0 Å². The first-order valence-corrected chi connectivity index (χ1v) is 9.16. The molecule has 1 aromatic rings. The van der Waals surface area contributed by atoms with Crippen LogP contribution >= 0.6 is 0 Å². The van der Waals surface area contributed by atoms with Gasteiger partial charge in [-0.2, -0.15) is 0 Å². The SMILES string of the molecule is O=C(NCCC1CCCC1)N1CCCN(c2ccccc2)CC1. The fraction of sp³-hybridized carbons (Fsp3) is 0.632. The van der Waals surface area contributed by atoms with Crippen LogP contribution in [0.2, 0.25) is 0 Å². The van der Waals surface area contributed by atoms with E-state index in [1.54, 1.807) is 0 Å². The number of amides is 2. The molecule has 0 unspecified atom stereocenters. The number of carbonyl (C=O) groups excluding carboxylic acids is 1. The van der Waals surface area contributed by atoms with Gasteiger partial charge in [0.25, 0.3) is 0 Å². The maximum absolute atomic E-state index is 12.4.